The zero-order chi connectivity index (χ0) is 23.8. The molecule has 0 saturated carbocycles. The SMILES string of the molecule is CC/C=C/C/C=C/C/C=C/C/C=C/C/C=C/C/C=C/CCC(=O)NCCCC1CCCN1C. The third-order valence-corrected chi connectivity index (χ3v) is 5.84. The van der Waals surface area contributed by atoms with Gasteiger partial charge in [-0.2, -0.15) is 0 Å². The molecule has 184 valence electrons. The van der Waals surface area contributed by atoms with E-state index in [2.05, 4.69) is 97.1 Å². The second-order valence-corrected chi connectivity index (χ2v) is 8.72. The molecule has 0 aliphatic carbocycles. The monoisotopic (exact) mass is 452 g/mol. The van der Waals surface area contributed by atoms with Gasteiger partial charge in [-0.05, 0) is 84.2 Å². The van der Waals surface area contributed by atoms with Gasteiger partial charge < -0.3 is 10.2 Å². The maximum atomic E-state index is 11.9. The van der Waals surface area contributed by atoms with Crippen LogP contribution < -0.4 is 5.32 Å². The molecule has 0 bridgehead atoms. The number of carbonyl (C=O) groups excluding carboxylic acids is 1. The van der Waals surface area contributed by atoms with Gasteiger partial charge in [-0.25, -0.2) is 0 Å². The van der Waals surface area contributed by atoms with Crippen molar-refractivity contribution in [2.75, 3.05) is 20.1 Å². The standard InChI is InChI=1S/C30H48N2O/c1-3-4-5-6-7-8-9-10-11-12-13-14-15-16-17-18-19-20-21-26-30(33)31-27-22-24-29-25-23-28-32(29)2/h4-5,7-8,10-11,13-14,16-17,19-20,29H,3,6,9,12,15,18,21-28H2,1-2H3,(H,31,33)/b5-4+,8-7+,11-10+,14-13+,17-16+,20-19+. The summed E-state index contributed by atoms with van der Waals surface area (Å²) < 4.78 is 0. The van der Waals surface area contributed by atoms with Gasteiger partial charge in [0, 0.05) is 19.0 Å². The van der Waals surface area contributed by atoms with E-state index in [-0.39, 0.29) is 5.91 Å². The Bertz CT molecular complexity index is 654. The molecule has 33 heavy (non-hydrogen) atoms. The van der Waals surface area contributed by atoms with Crippen LogP contribution in [0, 0.1) is 0 Å². The van der Waals surface area contributed by atoms with Gasteiger partial charge in [-0.15, -0.1) is 0 Å². The molecule has 3 heteroatoms. The van der Waals surface area contributed by atoms with Crippen molar-refractivity contribution < 1.29 is 4.79 Å². The Hall–Kier alpha value is -2.13. The van der Waals surface area contributed by atoms with Crippen LogP contribution >= 0.6 is 0 Å². The van der Waals surface area contributed by atoms with E-state index in [1.54, 1.807) is 0 Å². The summed E-state index contributed by atoms with van der Waals surface area (Å²) in [6.45, 7) is 4.20. The van der Waals surface area contributed by atoms with Gasteiger partial charge in [0.05, 0.1) is 0 Å². The third-order valence-electron chi connectivity index (χ3n) is 5.84. The average molecular weight is 453 g/mol. The number of nitrogens with one attached hydrogen (secondary N) is 1. The van der Waals surface area contributed by atoms with Crippen molar-refractivity contribution in [1.82, 2.24) is 10.2 Å². The molecule has 1 N–H and O–H groups in total. The minimum Gasteiger partial charge on any atom is -0.356 e. The molecule has 0 aromatic carbocycles. The molecular weight excluding hydrogens is 404 g/mol. The summed E-state index contributed by atoms with van der Waals surface area (Å²) in [6, 6.07) is 0.723. The topological polar surface area (TPSA) is 32.3 Å². The normalized spacial score (nSPS) is 17.9. The molecule has 3 nitrogen and oxygen atoms in total. The van der Waals surface area contributed by atoms with E-state index < -0.39 is 0 Å². The lowest BCUT2D eigenvalue weighted by molar-refractivity contribution is -0.121. The molecule has 0 spiro atoms. The fraction of sp³-hybridized carbons (Fsp3) is 0.567. The number of nitrogens with zero attached hydrogens (tertiary/aromatic N) is 1. The first-order chi connectivity index (χ1) is 16.2. The van der Waals surface area contributed by atoms with Crippen LogP contribution in [0.1, 0.15) is 84.0 Å². The smallest absolute Gasteiger partial charge is 0.220 e. The fourth-order valence-electron chi connectivity index (χ4n) is 3.85. The highest BCUT2D eigenvalue weighted by molar-refractivity contribution is 5.75. The minimum absolute atomic E-state index is 0.175. The quantitative estimate of drug-likeness (QED) is 0.173. The summed E-state index contributed by atoms with van der Waals surface area (Å²) >= 11 is 0. The van der Waals surface area contributed by atoms with Crippen LogP contribution in [-0.2, 0) is 4.79 Å². The number of rotatable bonds is 18. The van der Waals surface area contributed by atoms with Crippen LogP contribution in [0.2, 0.25) is 0 Å². The Balaban J connectivity index is 1.91. The van der Waals surface area contributed by atoms with Crippen molar-refractivity contribution in [3.05, 3.63) is 72.9 Å². The van der Waals surface area contributed by atoms with Gasteiger partial charge in [0.25, 0.3) is 0 Å². The fourth-order valence-corrected chi connectivity index (χ4v) is 3.85. The first kappa shape index (κ1) is 28.9. The molecule has 0 radical (unpaired) electrons. The van der Waals surface area contributed by atoms with Crippen LogP contribution in [0.4, 0.5) is 0 Å². The zero-order valence-corrected chi connectivity index (χ0v) is 21.3. The lowest BCUT2D eigenvalue weighted by Gasteiger charge is -2.19. The van der Waals surface area contributed by atoms with Crippen LogP contribution in [-0.4, -0.2) is 37.0 Å². The molecule has 1 aliphatic heterocycles. The Kier molecular flexibility index (Phi) is 19.0. The molecule has 1 aliphatic rings. The second kappa shape index (κ2) is 21.7. The number of allylic oxidation sites excluding steroid dienone is 12. The Labute approximate surface area is 204 Å². The molecule has 1 heterocycles. The number of hydrogen-bond acceptors (Lipinski definition) is 2. The number of likely N-dealkylation sites (tertiary alicyclic amines) is 1. The molecule has 0 aromatic heterocycles. The van der Waals surface area contributed by atoms with E-state index in [0.717, 1.165) is 64.0 Å². The van der Waals surface area contributed by atoms with Crippen molar-refractivity contribution in [2.45, 2.75) is 90.0 Å². The van der Waals surface area contributed by atoms with E-state index in [0.29, 0.717) is 6.42 Å². The predicted molar refractivity (Wildman–Crippen MR) is 145 cm³/mol. The van der Waals surface area contributed by atoms with Gasteiger partial charge in [-0.3, -0.25) is 4.79 Å². The van der Waals surface area contributed by atoms with Crippen molar-refractivity contribution in [2.24, 2.45) is 0 Å². The molecular formula is C30H48N2O. The zero-order valence-electron chi connectivity index (χ0n) is 21.3. The van der Waals surface area contributed by atoms with Crippen LogP contribution in [0.5, 0.6) is 0 Å². The van der Waals surface area contributed by atoms with E-state index in [1.807, 2.05) is 0 Å². The minimum atomic E-state index is 0.175. The summed E-state index contributed by atoms with van der Waals surface area (Å²) in [4.78, 5) is 14.3. The Morgan fingerprint density at radius 3 is 1.82 bits per heavy atom. The molecule has 1 fully saturated rings. The summed E-state index contributed by atoms with van der Waals surface area (Å²) in [5.41, 5.74) is 0. The summed E-state index contributed by atoms with van der Waals surface area (Å²) in [5.74, 6) is 0.175. The first-order valence-corrected chi connectivity index (χ1v) is 13.1. The largest absolute Gasteiger partial charge is 0.356 e. The van der Waals surface area contributed by atoms with E-state index >= 15 is 0 Å². The van der Waals surface area contributed by atoms with E-state index in [9.17, 15) is 4.79 Å². The predicted octanol–water partition coefficient (Wildman–Crippen LogP) is 7.45. The lowest BCUT2D eigenvalue weighted by atomic mass is 10.1. The van der Waals surface area contributed by atoms with Gasteiger partial charge in [0.2, 0.25) is 5.91 Å². The van der Waals surface area contributed by atoms with Crippen LogP contribution in [0.3, 0.4) is 0 Å². The van der Waals surface area contributed by atoms with E-state index in [4.69, 9.17) is 0 Å². The maximum absolute atomic E-state index is 11.9. The highest BCUT2D eigenvalue weighted by Crippen LogP contribution is 2.18. The van der Waals surface area contributed by atoms with Crippen molar-refractivity contribution in [1.29, 1.82) is 0 Å². The maximum Gasteiger partial charge on any atom is 0.220 e. The Morgan fingerprint density at radius 2 is 1.33 bits per heavy atom. The highest BCUT2D eigenvalue weighted by atomic mass is 16.1. The van der Waals surface area contributed by atoms with Crippen molar-refractivity contribution in [3.8, 4) is 0 Å². The van der Waals surface area contributed by atoms with Gasteiger partial charge in [-0.1, -0.05) is 79.8 Å². The molecule has 1 rings (SSSR count). The van der Waals surface area contributed by atoms with Crippen LogP contribution in [0.25, 0.3) is 0 Å². The van der Waals surface area contributed by atoms with Gasteiger partial charge in [0.1, 0.15) is 0 Å². The highest BCUT2D eigenvalue weighted by Gasteiger charge is 2.19. The van der Waals surface area contributed by atoms with Gasteiger partial charge in [0.15, 0.2) is 0 Å². The summed E-state index contributed by atoms with van der Waals surface area (Å²) in [5, 5.41) is 3.06. The third kappa shape index (κ3) is 18.0. The van der Waals surface area contributed by atoms with E-state index in [1.165, 1.54) is 25.8 Å². The first-order valence-electron chi connectivity index (χ1n) is 13.1. The number of hydrogen-bond donors (Lipinski definition) is 1. The molecule has 0 aromatic rings. The molecule has 1 atom stereocenters. The molecule has 1 amide bonds. The van der Waals surface area contributed by atoms with Crippen molar-refractivity contribution >= 4 is 5.91 Å². The molecule has 1 saturated heterocycles. The number of carbonyl (C=O) groups is 1. The van der Waals surface area contributed by atoms with Crippen LogP contribution in [0.15, 0.2) is 72.9 Å². The summed E-state index contributed by atoms with van der Waals surface area (Å²) in [7, 11) is 2.21. The number of amides is 1. The Morgan fingerprint density at radius 1 is 0.818 bits per heavy atom. The lowest BCUT2D eigenvalue weighted by Crippen LogP contribution is -2.28. The van der Waals surface area contributed by atoms with Crippen molar-refractivity contribution in [3.63, 3.8) is 0 Å². The molecule has 1 unspecified atom stereocenters. The average Bonchev–Trinajstić information content (AvgIpc) is 3.22. The van der Waals surface area contributed by atoms with Gasteiger partial charge >= 0.3 is 0 Å². The summed E-state index contributed by atoms with van der Waals surface area (Å²) in [6.07, 6.45) is 38.8. The second-order valence-electron chi connectivity index (χ2n) is 8.72.